The van der Waals surface area contributed by atoms with Crippen molar-refractivity contribution in [2.75, 3.05) is 0 Å². The Morgan fingerprint density at radius 2 is 1.68 bits per heavy atom. The van der Waals surface area contributed by atoms with Crippen LogP contribution in [0.4, 0.5) is 17.6 Å². The highest BCUT2D eigenvalue weighted by molar-refractivity contribution is 5.32. The van der Waals surface area contributed by atoms with Crippen LogP contribution in [0.1, 0.15) is 22.8 Å². The zero-order valence-electron chi connectivity index (χ0n) is 9.39. The van der Waals surface area contributed by atoms with Crippen LogP contribution in [0.15, 0.2) is 36.9 Å². The van der Waals surface area contributed by atoms with Crippen molar-refractivity contribution in [3.8, 4) is 0 Å². The standard InChI is InChI=1S/C12H8F4N2O/c13-10-3-7(1-2-9(10)12(14,15)16)11(19)8-4-17-6-18-5-8/h1-6,11,19H. The Kier molecular flexibility index (Phi) is 3.48. The van der Waals surface area contributed by atoms with Gasteiger partial charge < -0.3 is 5.11 Å². The Balaban J connectivity index is 2.35. The number of aliphatic hydroxyl groups is 1. The van der Waals surface area contributed by atoms with Crippen molar-refractivity contribution in [3.63, 3.8) is 0 Å². The molecule has 3 nitrogen and oxygen atoms in total. The molecule has 0 saturated carbocycles. The van der Waals surface area contributed by atoms with Gasteiger partial charge in [-0.2, -0.15) is 13.2 Å². The van der Waals surface area contributed by atoms with Crippen LogP contribution in [0.3, 0.4) is 0 Å². The molecule has 2 aromatic rings. The fraction of sp³-hybridized carbons (Fsp3) is 0.167. The molecule has 0 bridgehead atoms. The summed E-state index contributed by atoms with van der Waals surface area (Å²) in [5.74, 6) is -1.43. The minimum Gasteiger partial charge on any atom is -0.384 e. The number of rotatable bonds is 2. The van der Waals surface area contributed by atoms with Crippen molar-refractivity contribution in [2.24, 2.45) is 0 Å². The summed E-state index contributed by atoms with van der Waals surface area (Å²) < 4.78 is 50.5. The van der Waals surface area contributed by atoms with Gasteiger partial charge in [0.15, 0.2) is 0 Å². The van der Waals surface area contributed by atoms with Crippen LogP contribution < -0.4 is 0 Å². The van der Waals surface area contributed by atoms with Gasteiger partial charge in [-0.3, -0.25) is 0 Å². The number of nitrogens with zero attached hydrogens (tertiary/aromatic N) is 2. The van der Waals surface area contributed by atoms with E-state index in [-0.39, 0.29) is 11.1 Å². The molecule has 2 rings (SSSR count). The maximum atomic E-state index is 13.4. The number of aliphatic hydroxyl groups excluding tert-OH is 1. The van der Waals surface area contributed by atoms with Crippen LogP contribution in [0.5, 0.6) is 0 Å². The molecule has 1 unspecified atom stereocenters. The molecule has 0 amide bonds. The van der Waals surface area contributed by atoms with Crippen LogP contribution in [-0.4, -0.2) is 15.1 Å². The molecule has 0 aliphatic carbocycles. The molecule has 7 heteroatoms. The zero-order valence-corrected chi connectivity index (χ0v) is 9.39. The predicted molar refractivity (Wildman–Crippen MR) is 57.5 cm³/mol. The second kappa shape index (κ2) is 4.93. The minimum absolute atomic E-state index is 0.000278. The summed E-state index contributed by atoms with van der Waals surface area (Å²) in [6.07, 6.45) is -2.20. The van der Waals surface area contributed by atoms with Crippen molar-refractivity contribution in [1.29, 1.82) is 0 Å². The molecule has 0 radical (unpaired) electrons. The third-order valence-electron chi connectivity index (χ3n) is 2.51. The fourth-order valence-corrected chi connectivity index (χ4v) is 1.58. The first-order valence-electron chi connectivity index (χ1n) is 5.19. The Labute approximate surface area is 105 Å². The SMILES string of the molecule is OC(c1cncnc1)c1ccc(C(F)(F)F)c(F)c1. The van der Waals surface area contributed by atoms with Crippen LogP contribution in [-0.2, 0) is 6.18 Å². The predicted octanol–water partition coefficient (Wildman–Crippen LogP) is 2.72. The molecule has 0 fully saturated rings. The molecule has 1 atom stereocenters. The summed E-state index contributed by atoms with van der Waals surface area (Å²) in [5, 5.41) is 9.88. The molecule has 1 heterocycles. The van der Waals surface area contributed by atoms with E-state index in [2.05, 4.69) is 9.97 Å². The molecule has 0 aliphatic rings. The lowest BCUT2D eigenvalue weighted by atomic mass is 10.0. The maximum absolute atomic E-state index is 13.4. The van der Waals surface area contributed by atoms with Crippen molar-refractivity contribution >= 4 is 0 Å². The van der Waals surface area contributed by atoms with E-state index in [9.17, 15) is 22.7 Å². The van der Waals surface area contributed by atoms with Crippen LogP contribution in [0.2, 0.25) is 0 Å². The molecule has 100 valence electrons. The summed E-state index contributed by atoms with van der Waals surface area (Å²) in [6.45, 7) is 0. The Bertz CT molecular complexity index is 572. The molecule has 1 aromatic carbocycles. The van der Waals surface area contributed by atoms with E-state index in [1.54, 1.807) is 0 Å². The van der Waals surface area contributed by atoms with Gasteiger partial charge in [0.05, 0.1) is 5.56 Å². The number of alkyl halides is 3. The lowest BCUT2D eigenvalue weighted by Crippen LogP contribution is -2.09. The van der Waals surface area contributed by atoms with Gasteiger partial charge in [-0.05, 0) is 17.7 Å². The highest BCUT2D eigenvalue weighted by Gasteiger charge is 2.34. The van der Waals surface area contributed by atoms with Gasteiger partial charge in [-0.1, -0.05) is 6.07 Å². The van der Waals surface area contributed by atoms with Crippen molar-refractivity contribution < 1.29 is 22.7 Å². The van der Waals surface area contributed by atoms with Gasteiger partial charge in [-0.15, -0.1) is 0 Å². The van der Waals surface area contributed by atoms with E-state index in [4.69, 9.17) is 0 Å². The number of hydrogen-bond donors (Lipinski definition) is 1. The average molecular weight is 272 g/mol. The summed E-state index contributed by atoms with van der Waals surface area (Å²) in [7, 11) is 0. The van der Waals surface area contributed by atoms with Gasteiger partial charge in [0.2, 0.25) is 0 Å². The third kappa shape index (κ3) is 2.87. The summed E-state index contributed by atoms with van der Waals surface area (Å²) >= 11 is 0. The highest BCUT2D eigenvalue weighted by Crippen LogP contribution is 2.33. The average Bonchev–Trinajstić information content (AvgIpc) is 2.37. The lowest BCUT2D eigenvalue weighted by Gasteiger charge is -2.13. The topological polar surface area (TPSA) is 46.0 Å². The second-order valence-corrected chi connectivity index (χ2v) is 3.81. The summed E-state index contributed by atoms with van der Waals surface area (Å²) in [5.41, 5.74) is -1.10. The monoisotopic (exact) mass is 272 g/mol. The molecule has 19 heavy (non-hydrogen) atoms. The number of halogens is 4. The molecule has 1 N–H and O–H groups in total. The van der Waals surface area contributed by atoms with E-state index < -0.39 is 23.7 Å². The van der Waals surface area contributed by atoms with Crippen molar-refractivity contribution in [2.45, 2.75) is 12.3 Å². The largest absolute Gasteiger partial charge is 0.419 e. The van der Waals surface area contributed by atoms with Crippen LogP contribution >= 0.6 is 0 Å². The first-order chi connectivity index (χ1) is 8.89. The summed E-state index contributed by atoms with van der Waals surface area (Å²) in [4.78, 5) is 7.33. The smallest absolute Gasteiger partial charge is 0.384 e. The number of hydrogen-bond acceptors (Lipinski definition) is 3. The van der Waals surface area contributed by atoms with Crippen molar-refractivity contribution in [1.82, 2.24) is 9.97 Å². The fourth-order valence-electron chi connectivity index (χ4n) is 1.58. The molecular weight excluding hydrogens is 264 g/mol. The number of aromatic nitrogens is 2. The van der Waals surface area contributed by atoms with Gasteiger partial charge in [0.25, 0.3) is 0 Å². The second-order valence-electron chi connectivity index (χ2n) is 3.81. The van der Waals surface area contributed by atoms with E-state index >= 15 is 0 Å². The van der Waals surface area contributed by atoms with Crippen LogP contribution in [0.25, 0.3) is 0 Å². The zero-order chi connectivity index (χ0) is 14.0. The quantitative estimate of drug-likeness (QED) is 0.855. The maximum Gasteiger partial charge on any atom is 0.419 e. The first-order valence-corrected chi connectivity index (χ1v) is 5.19. The summed E-state index contributed by atoms with van der Waals surface area (Å²) in [6, 6.07) is 2.27. The highest BCUT2D eigenvalue weighted by atomic mass is 19.4. The van der Waals surface area contributed by atoms with E-state index in [1.807, 2.05) is 0 Å². The molecule has 0 spiro atoms. The molecule has 0 saturated heterocycles. The normalized spacial score (nSPS) is 13.3. The Morgan fingerprint density at radius 1 is 1.05 bits per heavy atom. The van der Waals surface area contributed by atoms with Crippen LogP contribution in [0, 0.1) is 5.82 Å². The molecule has 0 aliphatic heterocycles. The van der Waals surface area contributed by atoms with Crippen molar-refractivity contribution in [3.05, 3.63) is 59.4 Å². The van der Waals surface area contributed by atoms with E-state index in [1.165, 1.54) is 18.7 Å². The molecule has 1 aromatic heterocycles. The molecular formula is C12H8F4N2O. The van der Waals surface area contributed by atoms with Gasteiger partial charge in [-0.25, -0.2) is 14.4 Å². The van der Waals surface area contributed by atoms with Gasteiger partial charge in [0, 0.05) is 18.0 Å². The lowest BCUT2D eigenvalue weighted by molar-refractivity contribution is -0.140. The third-order valence-corrected chi connectivity index (χ3v) is 2.51. The minimum atomic E-state index is -4.76. The number of benzene rings is 1. The van der Waals surface area contributed by atoms with E-state index in [0.29, 0.717) is 12.1 Å². The van der Waals surface area contributed by atoms with E-state index in [0.717, 1.165) is 6.07 Å². The first kappa shape index (κ1) is 13.4. The Hall–Kier alpha value is -2.02. The van der Waals surface area contributed by atoms with Gasteiger partial charge in [0.1, 0.15) is 18.2 Å². The Morgan fingerprint density at radius 3 is 2.21 bits per heavy atom. The van der Waals surface area contributed by atoms with Gasteiger partial charge >= 0.3 is 6.18 Å².